The second-order valence-electron chi connectivity index (χ2n) is 6.44. The molecular formula is C23H22O5. The molecule has 28 heavy (non-hydrogen) atoms. The zero-order valence-electron chi connectivity index (χ0n) is 16.2. The second kappa shape index (κ2) is 8.57. The van der Waals surface area contributed by atoms with Crippen molar-refractivity contribution in [2.24, 2.45) is 0 Å². The molecule has 0 aliphatic heterocycles. The minimum atomic E-state index is -0.528. The Morgan fingerprint density at radius 1 is 1.07 bits per heavy atom. The maximum absolute atomic E-state index is 12.4. The number of benzene rings is 2. The Morgan fingerprint density at radius 3 is 2.54 bits per heavy atom. The third-order valence-corrected chi connectivity index (χ3v) is 4.65. The van der Waals surface area contributed by atoms with Crippen LogP contribution in [0.4, 0.5) is 0 Å². The van der Waals surface area contributed by atoms with Crippen molar-refractivity contribution in [1.82, 2.24) is 0 Å². The van der Waals surface area contributed by atoms with Crippen molar-refractivity contribution in [1.29, 1.82) is 0 Å². The van der Waals surface area contributed by atoms with Gasteiger partial charge in [-0.05, 0) is 43.2 Å². The van der Waals surface area contributed by atoms with Crippen LogP contribution in [0.15, 0.2) is 57.8 Å². The molecule has 0 aliphatic carbocycles. The van der Waals surface area contributed by atoms with Crippen LogP contribution in [0.25, 0.3) is 17.0 Å². The fourth-order valence-electron chi connectivity index (χ4n) is 3.03. The molecule has 0 saturated heterocycles. The molecule has 1 aromatic heterocycles. The predicted octanol–water partition coefficient (Wildman–Crippen LogP) is 4.22. The standard InChI is InChI=1S/C23H22O5/c1-15-18-11-12-20(27-13-7-10-17-8-5-4-6-9-17)16(2)22(18)28-23(25)19(15)14-21(24)26-3/h4-12H,13-14H2,1-3H3. The first kappa shape index (κ1) is 19.4. The van der Waals surface area contributed by atoms with Crippen LogP contribution in [0.5, 0.6) is 5.75 Å². The first-order chi connectivity index (χ1) is 13.5. The average molecular weight is 378 g/mol. The normalized spacial score (nSPS) is 11.1. The minimum absolute atomic E-state index is 0.109. The van der Waals surface area contributed by atoms with Gasteiger partial charge in [0, 0.05) is 10.9 Å². The SMILES string of the molecule is COC(=O)Cc1c(C)c2ccc(OCC=Cc3ccccc3)c(C)c2oc1=O. The Labute approximate surface area is 163 Å². The highest BCUT2D eigenvalue weighted by molar-refractivity contribution is 5.86. The average Bonchev–Trinajstić information content (AvgIpc) is 2.71. The van der Waals surface area contributed by atoms with Gasteiger partial charge in [-0.2, -0.15) is 0 Å². The number of rotatable bonds is 6. The van der Waals surface area contributed by atoms with Crippen LogP contribution in [0, 0.1) is 13.8 Å². The highest BCUT2D eigenvalue weighted by Gasteiger charge is 2.17. The first-order valence-corrected chi connectivity index (χ1v) is 8.98. The van der Waals surface area contributed by atoms with Crippen LogP contribution in [0.3, 0.4) is 0 Å². The van der Waals surface area contributed by atoms with Gasteiger partial charge in [-0.1, -0.05) is 36.4 Å². The van der Waals surface area contributed by atoms with E-state index in [4.69, 9.17) is 9.15 Å². The molecule has 3 rings (SSSR count). The van der Waals surface area contributed by atoms with Crippen molar-refractivity contribution in [3.8, 4) is 5.75 Å². The molecule has 0 fully saturated rings. The predicted molar refractivity (Wildman–Crippen MR) is 109 cm³/mol. The van der Waals surface area contributed by atoms with Gasteiger partial charge in [0.25, 0.3) is 0 Å². The largest absolute Gasteiger partial charge is 0.489 e. The highest BCUT2D eigenvalue weighted by Crippen LogP contribution is 2.29. The summed E-state index contributed by atoms with van der Waals surface area (Å²) in [5.41, 5.74) is 2.82. The molecule has 0 spiro atoms. The van der Waals surface area contributed by atoms with Gasteiger partial charge in [-0.25, -0.2) is 4.79 Å². The third kappa shape index (κ3) is 4.14. The molecule has 0 radical (unpaired) electrons. The van der Waals surface area contributed by atoms with Crippen LogP contribution in [-0.4, -0.2) is 19.7 Å². The Balaban J connectivity index is 1.85. The van der Waals surface area contributed by atoms with Gasteiger partial charge in [0.1, 0.15) is 17.9 Å². The van der Waals surface area contributed by atoms with E-state index in [2.05, 4.69) is 4.74 Å². The van der Waals surface area contributed by atoms with E-state index in [0.717, 1.165) is 22.1 Å². The van der Waals surface area contributed by atoms with Crippen molar-refractivity contribution in [2.45, 2.75) is 20.3 Å². The van der Waals surface area contributed by atoms with Gasteiger partial charge in [0.05, 0.1) is 19.1 Å². The van der Waals surface area contributed by atoms with Gasteiger partial charge in [0.2, 0.25) is 0 Å². The molecule has 5 nitrogen and oxygen atoms in total. The molecule has 0 bridgehead atoms. The molecule has 2 aromatic carbocycles. The van der Waals surface area contributed by atoms with Crippen molar-refractivity contribution in [2.75, 3.05) is 13.7 Å². The van der Waals surface area contributed by atoms with Crippen LogP contribution in [-0.2, 0) is 16.0 Å². The smallest absolute Gasteiger partial charge is 0.340 e. The van der Waals surface area contributed by atoms with Crippen LogP contribution in [0.1, 0.15) is 22.3 Å². The molecule has 0 unspecified atom stereocenters. The number of methoxy groups -OCH3 is 1. The van der Waals surface area contributed by atoms with Gasteiger partial charge in [-0.3, -0.25) is 4.79 Å². The number of hydrogen-bond acceptors (Lipinski definition) is 5. The molecule has 144 valence electrons. The van der Waals surface area contributed by atoms with Crippen LogP contribution < -0.4 is 10.4 Å². The van der Waals surface area contributed by atoms with Gasteiger partial charge >= 0.3 is 11.6 Å². The monoisotopic (exact) mass is 378 g/mol. The van der Waals surface area contributed by atoms with E-state index in [9.17, 15) is 9.59 Å². The van der Waals surface area contributed by atoms with Crippen molar-refractivity contribution >= 4 is 23.0 Å². The second-order valence-corrected chi connectivity index (χ2v) is 6.44. The van der Waals surface area contributed by atoms with E-state index in [1.54, 1.807) is 6.92 Å². The minimum Gasteiger partial charge on any atom is -0.489 e. The number of fused-ring (bicyclic) bond motifs is 1. The van der Waals surface area contributed by atoms with Crippen molar-refractivity contribution in [3.63, 3.8) is 0 Å². The number of carbonyl (C=O) groups excluding carboxylic acids is 1. The molecule has 0 aliphatic rings. The summed E-state index contributed by atoms with van der Waals surface area (Å²) >= 11 is 0. The lowest BCUT2D eigenvalue weighted by Crippen LogP contribution is -2.16. The van der Waals surface area contributed by atoms with E-state index >= 15 is 0 Å². The Bertz CT molecular complexity index is 1080. The molecule has 0 amide bonds. The maximum atomic E-state index is 12.4. The topological polar surface area (TPSA) is 65.7 Å². The highest BCUT2D eigenvalue weighted by atomic mass is 16.5. The summed E-state index contributed by atoms with van der Waals surface area (Å²) < 4.78 is 16.0. The molecule has 0 saturated carbocycles. The lowest BCUT2D eigenvalue weighted by Gasteiger charge is -2.12. The van der Waals surface area contributed by atoms with Crippen molar-refractivity contribution < 1.29 is 18.7 Å². The maximum Gasteiger partial charge on any atom is 0.340 e. The van der Waals surface area contributed by atoms with E-state index in [1.807, 2.05) is 61.5 Å². The molecule has 1 heterocycles. The van der Waals surface area contributed by atoms with Gasteiger partial charge in [-0.15, -0.1) is 0 Å². The fourth-order valence-corrected chi connectivity index (χ4v) is 3.03. The summed E-state index contributed by atoms with van der Waals surface area (Å²) in [4.78, 5) is 23.9. The van der Waals surface area contributed by atoms with Crippen LogP contribution in [0.2, 0.25) is 0 Å². The van der Waals surface area contributed by atoms with Gasteiger partial charge in [0.15, 0.2) is 0 Å². The lowest BCUT2D eigenvalue weighted by atomic mass is 10.0. The van der Waals surface area contributed by atoms with E-state index < -0.39 is 11.6 Å². The first-order valence-electron chi connectivity index (χ1n) is 8.98. The van der Waals surface area contributed by atoms with Crippen LogP contribution >= 0.6 is 0 Å². The summed E-state index contributed by atoms with van der Waals surface area (Å²) in [6.07, 6.45) is 3.81. The summed E-state index contributed by atoms with van der Waals surface area (Å²) in [6, 6.07) is 13.7. The zero-order valence-corrected chi connectivity index (χ0v) is 16.2. The fraction of sp³-hybridized carbons (Fsp3) is 0.217. The third-order valence-electron chi connectivity index (χ3n) is 4.65. The molecular weight excluding hydrogens is 356 g/mol. The number of carbonyl (C=O) groups is 1. The Kier molecular flexibility index (Phi) is 5.94. The Hall–Kier alpha value is -3.34. The summed E-state index contributed by atoms with van der Waals surface area (Å²) in [6.45, 7) is 4.05. The van der Waals surface area contributed by atoms with E-state index in [1.165, 1.54) is 7.11 Å². The Morgan fingerprint density at radius 2 is 1.82 bits per heavy atom. The molecule has 5 heteroatoms. The van der Waals surface area contributed by atoms with E-state index in [0.29, 0.717) is 23.5 Å². The number of ether oxygens (including phenoxy) is 2. The number of hydrogen-bond donors (Lipinski definition) is 0. The quantitative estimate of drug-likeness (QED) is 0.475. The number of aryl methyl sites for hydroxylation is 2. The zero-order chi connectivity index (χ0) is 20.1. The molecule has 0 atom stereocenters. The molecule has 0 N–H and O–H groups in total. The van der Waals surface area contributed by atoms with E-state index in [-0.39, 0.29) is 6.42 Å². The summed E-state index contributed by atoms with van der Waals surface area (Å²) in [5, 5.41) is 0.781. The van der Waals surface area contributed by atoms with Gasteiger partial charge < -0.3 is 13.9 Å². The number of esters is 1. The molecule has 3 aromatic rings. The lowest BCUT2D eigenvalue weighted by molar-refractivity contribution is -0.139. The van der Waals surface area contributed by atoms with Crippen molar-refractivity contribution in [3.05, 3.63) is 81.2 Å². The summed E-state index contributed by atoms with van der Waals surface area (Å²) in [5.74, 6) is 0.171. The summed E-state index contributed by atoms with van der Waals surface area (Å²) in [7, 11) is 1.29.